The number of para-hydroxylation sites is 2. The lowest BCUT2D eigenvalue weighted by molar-refractivity contribution is 0.102. The van der Waals surface area contributed by atoms with E-state index in [1.165, 1.54) is 11.3 Å². The van der Waals surface area contributed by atoms with Gasteiger partial charge >= 0.3 is 0 Å². The summed E-state index contributed by atoms with van der Waals surface area (Å²) in [5, 5.41) is 3.83. The van der Waals surface area contributed by atoms with Gasteiger partial charge in [0, 0.05) is 17.7 Å². The van der Waals surface area contributed by atoms with E-state index in [2.05, 4.69) is 47.7 Å². The largest absolute Gasteiger partial charge is 0.494 e. The summed E-state index contributed by atoms with van der Waals surface area (Å²) in [4.78, 5) is 18.6. The van der Waals surface area contributed by atoms with Crippen molar-refractivity contribution in [1.29, 1.82) is 0 Å². The average Bonchev–Trinajstić information content (AvgIpc) is 3.17. The van der Waals surface area contributed by atoms with Crippen LogP contribution < -0.4 is 14.9 Å². The summed E-state index contributed by atoms with van der Waals surface area (Å²) in [5.74, 6) is 0.516. The highest BCUT2D eigenvalue weighted by Crippen LogP contribution is 2.33. The van der Waals surface area contributed by atoms with Crippen molar-refractivity contribution in [3.05, 3.63) is 107 Å². The first kappa shape index (κ1) is 22.3. The molecule has 0 aliphatic heterocycles. The lowest BCUT2D eigenvalue weighted by Crippen LogP contribution is -2.15. The van der Waals surface area contributed by atoms with Crippen molar-refractivity contribution < 1.29 is 9.53 Å². The lowest BCUT2D eigenvalue weighted by Gasteiger charge is -2.11. The molecule has 0 saturated heterocycles. The van der Waals surface area contributed by atoms with Crippen molar-refractivity contribution in [2.75, 3.05) is 12.4 Å². The molecule has 0 atom stereocenters. The number of aromatic nitrogens is 1. The number of ether oxygens (including phenoxy) is 1. The number of carbonyl (C=O) groups is 1. The van der Waals surface area contributed by atoms with Crippen LogP contribution in [0.1, 0.15) is 15.9 Å². The number of rotatable bonds is 7. The second kappa shape index (κ2) is 10.1. The molecule has 4 aromatic rings. The number of carbonyl (C=O) groups excluding carboxylic acids is 1. The molecular formula is C27H25N3O2S. The van der Waals surface area contributed by atoms with Crippen molar-refractivity contribution in [3.63, 3.8) is 0 Å². The number of anilines is 1. The molecule has 166 valence electrons. The van der Waals surface area contributed by atoms with Crippen molar-refractivity contribution in [2.45, 2.75) is 13.5 Å². The second-order valence-electron chi connectivity index (χ2n) is 7.43. The smallest absolute Gasteiger partial charge is 0.256 e. The Kier molecular flexibility index (Phi) is 6.86. The van der Waals surface area contributed by atoms with Crippen LogP contribution in [0.15, 0.2) is 96.5 Å². The van der Waals surface area contributed by atoms with E-state index in [1.807, 2.05) is 48.5 Å². The lowest BCUT2D eigenvalue weighted by atomic mass is 10.1. The zero-order chi connectivity index (χ0) is 23.2. The summed E-state index contributed by atoms with van der Waals surface area (Å²) >= 11 is 1.42. The van der Waals surface area contributed by atoms with Crippen LogP contribution in [0.2, 0.25) is 0 Å². The molecule has 4 rings (SSSR count). The predicted octanol–water partition coefficient (Wildman–Crippen LogP) is 6.20. The third-order valence-corrected chi connectivity index (χ3v) is 6.10. The highest BCUT2D eigenvalue weighted by atomic mass is 32.1. The number of thiazole rings is 1. The van der Waals surface area contributed by atoms with Crippen LogP contribution in [0.5, 0.6) is 5.75 Å². The van der Waals surface area contributed by atoms with Gasteiger partial charge in [0.2, 0.25) is 0 Å². The minimum absolute atomic E-state index is 0.167. The van der Waals surface area contributed by atoms with Gasteiger partial charge in [0.1, 0.15) is 16.4 Å². The van der Waals surface area contributed by atoms with E-state index in [4.69, 9.17) is 9.73 Å². The number of aryl methyl sites for hydroxylation is 1. The standard InChI is InChI=1S/C27H25N3O2S/c1-4-18-30-24(20-16-14-19(2)15-17-20)26(29-25(31)21-10-6-5-7-11-21)33-27(30)28-22-12-8-9-13-23(22)32-3/h4-17H,1,18H2,2-3H3,(H,29,31). The molecule has 0 aliphatic rings. The Bertz CT molecular complexity index is 1340. The van der Waals surface area contributed by atoms with Gasteiger partial charge in [-0.05, 0) is 31.2 Å². The number of nitrogens with zero attached hydrogens (tertiary/aromatic N) is 2. The molecule has 0 unspecified atom stereocenters. The molecule has 0 fully saturated rings. The first-order chi connectivity index (χ1) is 16.1. The van der Waals surface area contributed by atoms with Crippen LogP contribution >= 0.6 is 11.3 Å². The molecule has 0 bridgehead atoms. The van der Waals surface area contributed by atoms with Crippen LogP contribution in [0.4, 0.5) is 10.7 Å². The molecule has 33 heavy (non-hydrogen) atoms. The van der Waals surface area contributed by atoms with Gasteiger partial charge in [-0.3, -0.25) is 4.79 Å². The second-order valence-corrected chi connectivity index (χ2v) is 8.41. The molecule has 0 radical (unpaired) electrons. The van der Waals surface area contributed by atoms with Gasteiger partial charge in [-0.2, -0.15) is 0 Å². The first-order valence-corrected chi connectivity index (χ1v) is 11.4. The number of hydrogen-bond acceptors (Lipinski definition) is 4. The molecule has 3 aromatic carbocycles. The molecule has 0 saturated carbocycles. The Morgan fingerprint density at radius 2 is 1.76 bits per heavy atom. The monoisotopic (exact) mass is 455 g/mol. The van der Waals surface area contributed by atoms with Crippen LogP contribution in [0, 0.1) is 6.92 Å². The van der Waals surface area contributed by atoms with E-state index in [9.17, 15) is 4.79 Å². The number of allylic oxidation sites excluding steroid dienone is 1. The van der Waals surface area contributed by atoms with Crippen LogP contribution in [-0.2, 0) is 6.54 Å². The number of nitrogens with one attached hydrogen (secondary N) is 1. The van der Waals surface area contributed by atoms with E-state index in [1.54, 1.807) is 19.2 Å². The van der Waals surface area contributed by atoms with E-state index in [0.29, 0.717) is 17.9 Å². The fourth-order valence-corrected chi connectivity index (χ4v) is 4.54. The maximum Gasteiger partial charge on any atom is 0.256 e. The predicted molar refractivity (Wildman–Crippen MR) is 135 cm³/mol. The SMILES string of the molecule is C=CCn1c(-c2ccc(C)cc2)c(NC(=O)c2ccccc2)sc1=Nc1ccccc1OC. The van der Waals surface area contributed by atoms with Gasteiger partial charge in [0.05, 0.1) is 12.8 Å². The Morgan fingerprint density at radius 3 is 2.45 bits per heavy atom. The maximum atomic E-state index is 13.0. The van der Waals surface area contributed by atoms with E-state index in [0.717, 1.165) is 32.3 Å². The first-order valence-electron chi connectivity index (χ1n) is 10.6. The van der Waals surface area contributed by atoms with Crippen LogP contribution in [0.25, 0.3) is 11.3 Å². The molecule has 5 nitrogen and oxygen atoms in total. The number of amides is 1. The molecule has 0 aliphatic carbocycles. The highest BCUT2D eigenvalue weighted by molar-refractivity contribution is 7.14. The zero-order valence-electron chi connectivity index (χ0n) is 18.6. The summed E-state index contributed by atoms with van der Waals surface area (Å²) in [5.41, 5.74) is 4.36. The summed E-state index contributed by atoms with van der Waals surface area (Å²) in [6.07, 6.45) is 1.83. The zero-order valence-corrected chi connectivity index (χ0v) is 19.4. The van der Waals surface area contributed by atoms with Gasteiger partial charge in [-0.1, -0.05) is 77.6 Å². The average molecular weight is 456 g/mol. The van der Waals surface area contributed by atoms with E-state index in [-0.39, 0.29) is 5.91 Å². The summed E-state index contributed by atoms with van der Waals surface area (Å²) in [6.45, 7) is 6.52. The molecule has 0 spiro atoms. The van der Waals surface area contributed by atoms with Crippen LogP contribution in [0.3, 0.4) is 0 Å². The molecule has 1 aromatic heterocycles. The maximum absolute atomic E-state index is 13.0. The minimum atomic E-state index is -0.167. The van der Waals surface area contributed by atoms with Gasteiger partial charge in [0.25, 0.3) is 5.91 Å². The van der Waals surface area contributed by atoms with Crippen molar-refractivity contribution in [2.24, 2.45) is 4.99 Å². The minimum Gasteiger partial charge on any atom is -0.494 e. The molecule has 1 heterocycles. The highest BCUT2D eigenvalue weighted by Gasteiger charge is 2.18. The third kappa shape index (κ3) is 4.96. The Hall–Kier alpha value is -3.90. The Labute approximate surface area is 197 Å². The number of methoxy groups -OCH3 is 1. The molecule has 6 heteroatoms. The number of hydrogen-bond donors (Lipinski definition) is 1. The summed E-state index contributed by atoms with van der Waals surface area (Å²) < 4.78 is 7.55. The van der Waals surface area contributed by atoms with Gasteiger partial charge < -0.3 is 14.6 Å². The van der Waals surface area contributed by atoms with Crippen LogP contribution in [-0.4, -0.2) is 17.6 Å². The topological polar surface area (TPSA) is 55.6 Å². The fraction of sp³-hybridized carbons (Fsp3) is 0.111. The van der Waals surface area contributed by atoms with Crippen molar-refractivity contribution >= 4 is 27.9 Å². The van der Waals surface area contributed by atoms with Crippen molar-refractivity contribution in [3.8, 4) is 17.0 Å². The normalized spacial score (nSPS) is 11.3. The fourth-order valence-electron chi connectivity index (χ4n) is 3.47. The molecular weight excluding hydrogens is 430 g/mol. The van der Waals surface area contributed by atoms with E-state index < -0.39 is 0 Å². The van der Waals surface area contributed by atoms with Gasteiger partial charge in [-0.15, -0.1) is 6.58 Å². The Balaban J connectivity index is 1.91. The number of benzene rings is 3. The van der Waals surface area contributed by atoms with E-state index >= 15 is 0 Å². The molecule has 1 N–H and O–H groups in total. The van der Waals surface area contributed by atoms with Gasteiger partial charge in [-0.25, -0.2) is 4.99 Å². The van der Waals surface area contributed by atoms with Gasteiger partial charge in [0.15, 0.2) is 4.80 Å². The summed E-state index contributed by atoms with van der Waals surface area (Å²) in [6, 6.07) is 25.0. The van der Waals surface area contributed by atoms with Crippen molar-refractivity contribution in [1.82, 2.24) is 4.57 Å². The summed E-state index contributed by atoms with van der Waals surface area (Å²) in [7, 11) is 1.63. The third-order valence-electron chi connectivity index (χ3n) is 5.11. The quantitative estimate of drug-likeness (QED) is 0.337. The Morgan fingerprint density at radius 1 is 1.06 bits per heavy atom. The molecule has 1 amide bonds.